The minimum atomic E-state index is -3.22. The molecule has 0 radical (unpaired) electrons. The lowest BCUT2D eigenvalue weighted by Gasteiger charge is -2.35. The molecule has 1 aromatic carbocycles. The summed E-state index contributed by atoms with van der Waals surface area (Å²) >= 11 is 0. The first-order valence-corrected chi connectivity index (χ1v) is 12.7. The molecule has 2 saturated heterocycles. The number of ether oxygens (including phenoxy) is 1. The molecule has 10 heteroatoms. The van der Waals surface area contributed by atoms with Crippen molar-refractivity contribution >= 4 is 27.7 Å². The van der Waals surface area contributed by atoms with Gasteiger partial charge in [-0.2, -0.15) is 0 Å². The van der Waals surface area contributed by atoms with Gasteiger partial charge in [-0.05, 0) is 64.4 Å². The zero-order chi connectivity index (χ0) is 23.4. The Morgan fingerprint density at radius 1 is 1.03 bits per heavy atom. The van der Waals surface area contributed by atoms with Gasteiger partial charge in [-0.3, -0.25) is 14.0 Å². The van der Waals surface area contributed by atoms with Crippen LogP contribution in [0.3, 0.4) is 0 Å². The highest BCUT2D eigenvalue weighted by Crippen LogP contribution is 2.24. The number of benzene rings is 1. The average molecular weight is 467 g/mol. The molecule has 0 spiro atoms. The van der Waals surface area contributed by atoms with E-state index >= 15 is 0 Å². The van der Waals surface area contributed by atoms with Crippen molar-refractivity contribution in [1.82, 2.24) is 15.1 Å². The van der Waals surface area contributed by atoms with Crippen LogP contribution in [0, 0.1) is 0 Å². The van der Waals surface area contributed by atoms with Crippen LogP contribution in [0.25, 0.3) is 0 Å². The lowest BCUT2D eigenvalue weighted by atomic mass is 10.2. The number of anilines is 1. The molecule has 2 fully saturated rings. The average Bonchev–Trinajstić information content (AvgIpc) is 3.09. The molecule has 3 rings (SSSR count). The summed E-state index contributed by atoms with van der Waals surface area (Å²) in [6, 6.07) is 6.69. The molecular formula is C22H34N4O5S. The Kier molecular flexibility index (Phi) is 7.66. The van der Waals surface area contributed by atoms with Crippen LogP contribution in [0.2, 0.25) is 0 Å². The molecule has 0 aliphatic carbocycles. The number of nitrogens with one attached hydrogen (secondary N) is 1. The molecule has 178 valence electrons. The Labute approximate surface area is 190 Å². The predicted molar refractivity (Wildman–Crippen MR) is 123 cm³/mol. The van der Waals surface area contributed by atoms with Crippen molar-refractivity contribution in [3.8, 4) is 0 Å². The van der Waals surface area contributed by atoms with E-state index in [2.05, 4.69) is 10.2 Å². The second-order valence-electron chi connectivity index (χ2n) is 9.21. The van der Waals surface area contributed by atoms with Gasteiger partial charge in [0.25, 0.3) is 5.91 Å². The lowest BCUT2D eigenvalue weighted by molar-refractivity contribution is 0.0144. The summed E-state index contributed by atoms with van der Waals surface area (Å²) in [6.07, 6.45) is 1.17. The van der Waals surface area contributed by atoms with E-state index in [1.807, 2.05) is 20.8 Å². The van der Waals surface area contributed by atoms with Gasteiger partial charge in [-0.15, -0.1) is 0 Å². The minimum absolute atomic E-state index is 0.171. The van der Waals surface area contributed by atoms with Gasteiger partial charge in [-0.1, -0.05) is 0 Å². The molecule has 32 heavy (non-hydrogen) atoms. The number of hydrogen-bond acceptors (Lipinski definition) is 6. The Morgan fingerprint density at radius 3 is 2.25 bits per heavy atom. The van der Waals surface area contributed by atoms with Crippen LogP contribution in [0.1, 0.15) is 44.0 Å². The Morgan fingerprint density at radius 2 is 1.69 bits per heavy atom. The Balaban J connectivity index is 1.36. The van der Waals surface area contributed by atoms with Crippen LogP contribution in [0.15, 0.2) is 24.3 Å². The summed E-state index contributed by atoms with van der Waals surface area (Å²) in [4.78, 5) is 28.5. The largest absolute Gasteiger partial charge is 0.444 e. The highest BCUT2D eigenvalue weighted by atomic mass is 32.2. The second kappa shape index (κ2) is 10.1. The third-order valence-corrected chi connectivity index (χ3v) is 7.35. The van der Waals surface area contributed by atoms with Gasteiger partial charge >= 0.3 is 6.09 Å². The fourth-order valence-electron chi connectivity index (χ4n) is 3.80. The van der Waals surface area contributed by atoms with Crippen molar-refractivity contribution in [2.75, 3.05) is 55.9 Å². The summed E-state index contributed by atoms with van der Waals surface area (Å²) in [6.45, 7) is 10.3. The first-order chi connectivity index (χ1) is 15.0. The quantitative estimate of drug-likeness (QED) is 0.643. The molecule has 1 N–H and O–H groups in total. The van der Waals surface area contributed by atoms with Gasteiger partial charge in [0.05, 0.1) is 11.4 Å². The van der Waals surface area contributed by atoms with Gasteiger partial charge in [0, 0.05) is 44.8 Å². The predicted octanol–water partition coefficient (Wildman–Crippen LogP) is 1.90. The third kappa shape index (κ3) is 6.59. The minimum Gasteiger partial charge on any atom is -0.444 e. The monoisotopic (exact) mass is 466 g/mol. The number of sulfonamides is 1. The molecule has 0 unspecified atom stereocenters. The van der Waals surface area contributed by atoms with E-state index < -0.39 is 15.6 Å². The van der Waals surface area contributed by atoms with E-state index in [0.717, 1.165) is 26.1 Å². The van der Waals surface area contributed by atoms with Crippen molar-refractivity contribution in [3.05, 3.63) is 29.8 Å². The van der Waals surface area contributed by atoms with Gasteiger partial charge in [0.1, 0.15) is 5.60 Å². The standard InChI is InChI=1S/C22H34N4O5S/c1-22(2,3)31-21(28)25-15-13-24(14-16-25)11-4-10-23-20(27)18-6-8-19(9-7-18)26-12-5-17-32(26,29)30/h6-9H,4-5,10-17H2,1-3H3,(H,23,27). The maximum atomic E-state index is 12.4. The first-order valence-electron chi connectivity index (χ1n) is 11.1. The third-order valence-electron chi connectivity index (χ3n) is 5.48. The topological polar surface area (TPSA) is 99.3 Å². The SMILES string of the molecule is CC(C)(C)OC(=O)N1CCN(CCCNC(=O)c2ccc(N3CCCS3(=O)=O)cc2)CC1. The van der Waals surface area contributed by atoms with E-state index in [-0.39, 0.29) is 17.8 Å². The molecule has 2 heterocycles. The number of carbonyl (C=O) groups excluding carboxylic acids is 2. The number of nitrogens with zero attached hydrogens (tertiary/aromatic N) is 3. The Bertz CT molecular complexity index is 903. The van der Waals surface area contributed by atoms with E-state index in [9.17, 15) is 18.0 Å². The van der Waals surface area contributed by atoms with Crippen LogP contribution < -0.4 is 9.62 Å². The molecule has 0 bridgehead atoms. The summed E-state index contributed by atoms with van der Waals surface area (Å²) < 4.78 is 30.8. The van der Waals surface area contributed by atoms with Crippen LogP contribution in [-0.4, -0.2) is 87.4 Å². The van der Waals surface area contributed by atoms with Crippen molar-refractivity contribution < 1.29 is 22.7 Å². The zero-order valence-corrected chi connectivity index (χ0v) is 20.0. The number of hydrogen-bond donors (Lipinski definition) is 1. The second-order valence-corrected chi connectivity index (χ2v) is 11.2. The molecule has 0 atom stereocenters. The highest BCUT2D eigenvalue weighted by Gasteiger charge is 2.28. The molecule has 2 aliphatic heterocycles. The molecular weight excluding hydrogens is 432 g/mol. The van der Waals surface area contributed by atoms with E-state index in [4.69, 9.17) is 4.74 Å². The molecule has 9 nitrogen and oxygen atoms in total. The van der Waals surface area contributed by atoms with E-state index in [0.29, 0.717) is 43.9 Å². The fourth-order valence-corrected chi connectivity index (χ4v) is 5.36. The van der Waals surface area contributed by atoms with Crippen LogP contribution in [-0.2, 0) is 14.8 Å². The first kappa shape index (κ1) is 24.3. The van der Waals surface area contributed by atoms with E-state index in [1.54, 1.807) is 29.2 Å². The summed E-state index contributed by atoms with van der Waals surface area (Å²) in [5, 5.41) is 2.91. The number of amides is 2. The molecule has 0 saturated carbocycles. The lowest BCUT2D eigenvalue weighted by Crippen LogP contribution is -2.50. The molecule has 2 amide bonds. The van der Waals surface area contributed by atoms with Crippen molar-refractivity contribution in [2.45, 2.75) is 39.2 Å². The van der Waals surface area contributed by atoms with Gasteiger partial charge in [0.2, 0.25) is 10.0 Å². The summed E-state index contributed by atoms with van der Waals surface area (Å²) in [5.74, 6) is 0.00115. The maximum absolute atomic E-state index is 12.4. The van der Waals surface area contributed by atoms with Crippen molar-refractivity contribution in [2.24, 2.45) is 0 Å². The smallest absolute Gasteiger partial charge is 0.410 e. The summed E-state index contributed by atoms with van der Waals surface area (Å²) in [7, 11) is -3.22. The van der Waals surface area contributed by atoms with Crippen molar-refractivity contribution in [3.63, 3.8) is 0 Å². The normalized spacial score (nSPS) is 19.1. The number of piperazine rings is 1. The van der Waals surface area contributed by atoms with Crippen LogP contribution in [0.5, 0.6) is 0 Å². The Hall–Kier alpha value is -2.33. The van der Waals surface area contributed by atoms with E-state index in [1.165, 1.54) is 4.31 Å². The number of rotatable bonds is 6. The van der Waals surface area contributed by atoms with Crippen LogP contribution >= 0.6 is 0 Å². The van der Waals surface area contributed by atoms with Gasteiger partial charge in [0.15, 0.2) is 0 Å². The van der Waals surface area contributed by atoms with Crippen LogP contribution in [0.4, 0.5) is 10.5 Å². The molecule has 0 aromatic heterocycles. The zero-order valence-electron chi connectivity index (χ0n) is 19.2. The highest BCUT2D eigenvalue weighted by molar-refractivity contribution is 7.93. The maximum Gasteiger partial charge on any atom is 0.410 e. The van der Waals surface area contributed by atoms with Gasteiger partial charge < -0.3 is 15.0 Å². The fraction of sp³-hybridized carbons (Fsp3) is 0.636. The van der Waals surface area contributed by atoms with Gasteiger partial charge in [-0.25, -0.2) is 13.2 Å². The molecule has 1 aromatic rings. The van der Waals surface area contributed by atoms with Crippen molar-refractivity contribution in [1.29, 1.82) is 0 Å². The molecule has 2 aliphatic rings. The summed E-state index contributed by atoms with van der Waals surface area (Å²) in [5.41, 5.74) is 0.624. The number of carbonyl (C=O) groups is 2.